The van der Waals surface area contributed by atoms with Crippen molar-refractivity contribution < 1.29 is 9.59 Å². The average molecular weight is 555 g/mol. The first-order chi connectivity index (χ1) is 17.6. The van der Waals surface area contributed by atoms with E-state index in [0.717, 1.165) is 49.0 Å². The molecule has 0 aromatic heterocycles. The Morgan fingerprint density at radius 3 is 1.34 bits per heavy atom. The first kappa shape index (κ1) is 28.3. The highest BCUT2D eigenvalue weighted by Gasteiger charge is 2.11. The van der Waals surface area contributed by atoms with Gasteiger partial charge in [0.2, 0.25) is 0 Å². The van der Waals surface area contributed by atoms with Crippen LogP contribution in [0.25, 0.3) is 0 Å². The summed E-state index contributed by atoms with van der Waals surface area (Å²) in [5.41, 5.74) is 4.36. The van der Waals surface area contributed by atoms with Crippen molar-refractivity contribution in [2.45, 2.75) is 0 Å². The van der Waals surface area contributed by atoms with Crippen LogP contribution in [-0.4, -0.2) is 49.9 Å². The third-order valence-electron chi connectivity index (χ3n) is 5.54. The number of urea groups is 2. The first-order valence-corrected chi connectivity index (χ1v) is 11.7. The maximum atomic E-state index is 12.4. The number of hydrogen-bond donors (Lipinski definition) is 6. The number of amides is 4. The number of aliphatic imine (C=N–C) groups is 2. The smallest absolute Gasteiger partial charge is 0.323 e. The molecule has 0 radical (unpaired) electrons. The van der Waals surface area contributed by atoms with Gasteiger partial charge in [0.25, 0.3) is 0 Å². The third kappa shape index (κ3) is 7.37. The summed E-state index contributed by atoms with van der Waals surface area (Å²) in [6, 6.07) is 21.1. The molecule has 0 saturated carbocycles. The SMILES string of the molecule is Cl.Cl.O=C(Nc1ccc(NC(=O)Nc2cccc(C3=NCCN3)c2)cc1)Nc1cccc(C2=NCCN2)c1. The van der Waals surface area contributed by atoms with E-state index in [2.05, 4.69) is 41.9 Å². The largest absolute Gasteiger partial charge is 0.368 e. The number of amidine groups is 2. The van der Waals surface area contributed by atoms with Crippen LogP contribution in [0.4, 0.5) is 32.3 Å². The molecule has 0 aliphatic carbocycles. The van der Waals surface area contributed by atoms with Crippen LogP contribution in [0.15, 0.2) is 82.8 Å². The zero-order chi connectivity index (χ0) is 24.7. The molecule has 38 heavy (non-hydrogen) atoms. The Balaban J connectivity index is 0.00000200. The van der Waals surface area contributed by atoms with Crippen LogP contribution in [0.5, 0.6) is 0 Å². The van der Waals surface area contributed by atoms with Crippen molar-refractivity contribution in [1.82, 2.24) is 10.6 Å². The highest BCUT2D eigenvalue weighted by atomic mass is 35.5. The van der Waals surface area contributed by atoms with E-state index in [-0.39, 0.29) is 36.9 Å². The molecule has 0 spiro atoms. The minimum atomic E-state index is -0.367. The van der Waals surface area contributed by atoms with Crippen LogP contribution in [0.3, 0.4) is 0 Å². The van der Waals surface area contributed by atoms with Crippen LogP contribution < -0.4 is 31.9 Å². The second kappa shape index (κ2) is 13.3. The molecule has 0 bridgehead atoms. The molecule has 0 saturated heterocycles. The summed E-state index contributed by atoms with van der Waals surface area (Å²) in [5, 5.41) is 17.7. The van der Waals surface area contributed by atoms with Crippen molar-refractivity contribution in [2.24, 2.45) is 9.98 Å². The van der Waals surface area contributed by atoms with Crippen molar-refractivity contribution in [3.63, 3.8) is 0 Å². The van der Waals surface area contributed by atoms with Crippen molar-refractivity contribution in [3.8, 4) is 0 Å². The van der Waals surface area contributed by atoms with Gasteiger partial charge in [-0.3, -0.25) is 9.98 Å². The van der Waals surface area contributed by atoms with E-state index in [9.17, 15) is 9.59 Å². The van der Waals surface area contributed by atoms with Gasteiger partial charge in [-0.2, -0.15) is 0 Å². The number of nitrogens with zero attached hydrogens (tertiary/aromatic N) is 2. The van der Waals surface area contributed by atoms with Crippen LogP contribution in [0.2, 0.25) is 0 Å². The minimum Gasteiger partial charge on any atom is -0.368 e. The lowest BCUT2D eigenvalue weighted by molar-refractivity contribution is 0.261. The van der Waals surface area contributed by atoms with Gasteiger partial charge in [0.1, 0.15) is 11.7 Å². The fourth-order valence-corrected chi connectivity index (χ4v) is 3.89. The van der Waals surface area contributed by atoms with Crippen LogP contribution in [0.1, 0.15) is 11.1 Å². The first-order valence-electron chi connectivity index (χ1n) is 11.7. The van der Waals surface area contributed by atoms with E-state index < -0.39 is 0 Å². The standard InChI is InChI=1S/C26H26N8O2.2ClH/c35-25(33-21-5-1-3-17(15-21)23-27-11-12-28-23)31-19-7-9-20(10-8-19)32-26(36)34-22-6-2-4-18(16-22)24-29-13-14-30-24;;/h1-10,15-16H,11-14H2,(H,27,28)(H,29,30)(H2,31,33,35)(H2,32,34,36);2*1H. The number of anilines is 4. The second-order valence-electron chi connectivity index (χ2n) is 8.21. The molecule has 0 atom stereocenters. The molecule has 3 aromatic rings. The Morgan fingerprint density at radius 1 is 0.579 bits per heavy atom. The third-order valence-corrected chi connectivity index (χ3v) is 5.54. The van der Waals surface area contributed by atoms with E-state index in [4.69, 9.17) is 0 Å². The Bertz CT molecular complexity index is 1240. The van der Waals surface area contributed by atoms with E-state index >= 15 is 0 Å². The fourth-order valence-electron chi connectivity index (χ4n) is 3.89. The van der Waals surface area contributed by atoms with Crippen LogP contribution >= 0.6 is 24.8 Å². The highest BCUT2D eigenvalue weighted by Crippen LogP contribution is 2.17. The van der Waals surface area contributed by atoms with Crippen molar-refractivity contribution in [1.29, 1.82) is 0 Å². The molecule has 5 rings (SSSR count). The number of nitrogens with one attached hydrogen (secondary N) is 6. The molecule has 2 aliphatic rings. The topological polar surface area (TPSA) is 131 Å². The summed E-state index contributed by atoms with van der Waals surface area (Å²) in [6.07, 6.45) is 0. The molecule has 2 heterocycles. The van der Waals surface area contributed by atoms with Gasteiger partial charge in [-0.25, -0.2) is 9.59 Å². The summed E-state index contributed by atoms with van der Waals surface area (Å²) in [6.45, 7) is 3.14. The summed E-state index contributed by atoms with van der Waals surface area (Å²) in [7, 11) is 0. The predicted octanol–water partition coefficient (Wildman–Crippen LogP) is 4.52. The average Bonchev–Trinajstić information content (AvgIpc) is 3.61. The van der Waals surface area contributed by atoms with E-state index in [1.54, 1.807) is 24.3 Å². The van der Waals surface area contributed by atoms with Gasteiger partial charge >= 0.3 is 12.1 Å². The normalized spacial score (nSPS) is 13.4. The molecule has 12 heteroatoms. The second-order valence-corrected chi connectivity index (χ2v) is 8.21. The van der Waals surface area contributed by atoms with Gasteiger partial charge in [0.05, 0.1) is 13.1 Å². The zero-order valence-electron chi connectivity index (χ0n) is 20.3. The van der Waals surface area contributed by atoms with Crippen molar-refractivity contribution in [2.75, 3.05) is 47.4 Å². The Labute approximate surface area is 232 Å². The molecule has 3 aromatic carbocycles. The van der Waals surface area contributed by atoms with Crippen LogP contribution in [-0.2, 0) is 0 Å². The van der Waals surface area contributed by atoms with Gasteiger partial charge in [-0.15, -0.1) is 24.8 Å². The highest BCUT2D eigenvalue weighted by molar-refractivity contribution is 6.04. The number of benzene rings is 3. The molecule has 10 nitrogen and oxygen atoms in total. The minimum absolute atomic E-state index is 0. The Kier molecular flexibility index (Phi) is 9.92. The molecule has 0 fully saturated rings. The molecule has 6 N–H and O–H groups in total. The lowest BCUT2D eigenvalue weighted by Gasteiger charge is -2.11. The Hall–Kier alpha value is -4.28. The fraction of sp³-hybridized carbons (Fsp3) is 0.154. The van der Waals surface area contributed by atoms with E-state index in [1.807, 2.05) is 48.5 Å². The number of rotatable bonds is 6. The number of carbonyl (C=O) groups is 2. The van der Waals surface area contributed by atoms with Gasteiger partial charge < -0.3 is 31.9 Å². The van der Waals surface area contributed by atoms with Gasteiger partial charge in [0, 0.05) is 47.0 Å². The van der Waals surface area contributed by atoms with E-state index in [0.29, 0.717) is 22.7 Å². The molecular formula is C26H28Cl2N8O2. The van der Waals surface area contributed by atoms with Crippen LogP contribution in [0, 0.1) is 0 Å². The van der Waals surface area contributed by atoms with Gasteiger partial charge in [0.15, 0.2) is 0 Å². The molecule has 198 valence electrons. The molecule has 2 aliphatic heterocycles. The zero-order valence-corrected chi connectivity index (χ0v) is 21.9. The summed E-state index contributed by atoms with van der Waals surface area (Å²) < 4.78 is 0. The monoisotopic (exact) mass is 554 g/mol. The quantitative estimate of drug-likeness (QED) is 0.267. The number of hydrogen-bond acceptors (Lipinski definition) is 6. The molecule has 4 amide bonds. The lowest BCUT2D eigenvalue weighted by atomic mass is 10.2. The molecule has 0 unspecified atom stereocenters. The van der Waals surface area contributed by atoms with Gasteiger partial charge in [-0.1, -0.05) is 24.3 Å². The number of carbonyl (C=O) groups excluding carboxylic acids is 2. The van der Waals surface area contributed by atoms with Crippen molar-refractivity contribution >= 4 is 71.3 Å². The lowest BCUT2D eigenvalue weighted by Crippen LogP contribution is -2.22. The van der Waals surface area contributed by atoms with Gasteiger partial charge in [-0.05, 0) is 48.5 Å². The Morgan fingerprint density at radius 2 is 0.974 bits per heavy atom. The van der Waals surface area contributed by atoms with E-state index in [1.165, 1.54) is 0 Å². The maximum Gasteiger partial charge on any atom is 0.323 e. The molecular weight excluding hydrogens is 527 g/mol. The predicted molar refractivity (Wildman–Crippen MR) is 158 cm³/mol. The summed E-state index contributed by atoms with van der Waals surface area (Å²) >= 11 is 0. The number of halogens is 2. The van der Waals surface area contributed by atoms with Crippen molar-refractivity contribution in [3.05, 3.63) is 83.9 Å². The summed E-state index contributed by atoms with van der Waals surface area (Å²) in [5.74, 6) is 1.67. The summed E-state index contributed by atoms with van der Waals surface area (Å²) in [4.78, 5) is 33.7. The maximum absolute atomic E-state index is 12.4.